The maximum atomic E-state index is 12.1. The molecule has 2 unspecified atom stereocenters. The molecule has 0 aromatic carbocycles. The summed E-state index contributed by atoms with van der Waals surface area (Å²) in [4.78, 5) is 33.8. The average Bonchev–Trinajstić information content (AvgIpc) is 3.10. The van der Waals surface area contributed by atoms with E-state index in [1.54, 1.807) is 0 Å². The smallest absolute Gasteiger partial charge is 0.463 e. The van der Waals surface area contributed by atoms with Gasteiger partial charge in [0.2, 0.25) is 5.91 Å². The van der Waals surface area contributed by atoms with Gasteiger partial charge in [0.25, 0.3) is 0 Å². The minimum atomic E-state index is -4.42. The molecule has 0 aliphatic rings. The van der Waals surface area contributed by atoms with Crippen LogP contribution in [0.2, 0.25) is 0 Å². The van der Waals surface area contributed by atoms with Crippen molar-refractivity contribution in [2.24, 2.45) is 0 Å². The number of amides is 1. The van der Waals surface area contributed by atoms with E-state index in [9.17, 15) is 24.2 Å². The fraction of sp³-hybridized carbons (Fsp3) is 0.800. The Balaban J connectivity index is 3.64. The Bertz CT molecular complexity index is 923. The van der Waals surface area contributed by atoms with E-state index in [0.717, 1.165) is 89.9 Å². The molecule has 0 spiro atoms. The van der Waals surface area contributed by atoms with Gasteiger partial charge in [-0.15, -0.1) is 0 Å². The molecular weight excluding hydrogens is 653 g/mol. The topological polar surface area (TPSA) is 131 Å². The van der Waals surface area contributed by atoms with Crippen molar-refractivity contribution < 1.29 is 37.9 Å². The van der Waals surface area contributed by atoms with Gasteiger partial charge < -0.3 is 20.1 Å². The molecule has 0 aromatic rings. The largest absolute Gasteiger partial charge is 0.472 e. The van der Waals surface area contributed by atoms with Crippen LogP contribution < -0.4 is 5.32 Å². The maximum Gasteiger partial charge on any atom is 0.472 e. The number of carbonyl (C=O) groups is 2. The predicted molar refractivity (Wildman–Crippen MR) is 206 cm³/mol. The minimum Gasteiger partial charge on any atom is -0.463 e. The maximum absolute atomic E-state index is 12.1. The first kappa shape index (κ1) is 48.2. The molecule has 50 heavy (non-hydrogen) atoms. The lowest BCUT2D eigenvalue weighted by Crippen LogP contribution is -2.27. The number of carbonyl (C=O) groups excluding carboxylic acids is 2. The summed E-state index contributed by atoms with van der Waals surface area (Å²) in [6.45, 7) is 3.45. The summed E-state index contributed by atoms with van der Waals surface area (Å²) in [6.07, 6.45) is 39.3. The highest BCUT2D eigenvalue weighted by molar-refractivity contribution is 7.47. The van der Waals surface area contributed by atoms with Gasteiger partial charge in [-0.1, -0.05) is 134 Å². The Hall–Kier alpha value is -1.77. The van der Waals surface area contributed by atoms with E-state index in [1.807, 2.05) is 0 Å². The van der Waals surface area contributed by atoms with Crippen molar-refractivity contribution in [2.45, 2.75) is 180 Å². The van der Waals surface area contributed by atoms with E-state index in [4.69, 9.17) is 13.8 Å². The van der Waals surface area contributed by atoms with Crippen LogP contribution >= 0.6 is 7.82 Å². The van der Waals surface area contributed by atoms with Crippen molar-refractivity contribution in [3.63, 3.8) is 0 Å². The van der Waals surface area contributed by atoms with Crippen LogP contribution in [0.15, 0.2) is 36.5 Å². The van der Waals surface area contributed by atoms with E-state index >= 15 is 0 Å². The lowest BCUT2D eigenvalue weighted by molar-refractivity contribution is -0.147. The van der Waals surface area contributed by atoms with E-state index in [1.165, 1.54) is 57.8 Å². The normalized spacial score (nSPS) is 13.8. The summed E-state index contributed by atoms with van der Waals surface area (Å²) in [5.41, 5.74) is 0. The van der Waals surface area contributed by atoms with E-state index in [0.29, 0.717) is 6.42 Å². The van der Waals surface area contributed by atoms with Gasteiger partial charge in [0.15, 0.2) is 0 Å². The minimum absolute atomic E-state index is 0.0727. The fourth-order valence-corrected chi connectivity index (χ4v) is 5.99. The van der Waals surface area contributed by atoms with Crippen LogP contribution in [0.5, 0.6) is 0 Å². The Morgan fingerprint density at radius 3 is 1.70 bits per heavy atom. The molecule has 0 saturated carbocycles. The molecule has 292 valence electrons. The number of phosphoric acid groups is 1. The first-order valence-corrected chi connectivity index (χ1v) is 21.5. The molecule has 0 aromatic heterocycles. The second kappa shape index (κ2) is 37.0. The molecule has 3 N–H and O–H groups in total. The first-order valence-electron chi connectivity index (χ1n) is 20.0. The molecule has 1 amide bonds. The summed E-state index contributed by atoms with van der Waals surface area (Å²) in [6, 6.07) is 0. The molecule has 10 heteroatoms. The predicted octanol–water partition coefficient (Wildman–Crippen LogP) is 10.6. The highest BCUT2D eigenvalue weighted by atomic mass is 31.2. The van der Waals surface area contributed by atoms with Gasteiger partial charge in [0.05, 0.1) is 13.2 Å². The first-order chi connectivity index (χ1) is 24.3. The molecule has 9 nitrogen and oxygen atoms in total. The third kappa shape index (κ3) is 37.5. The number of hydrogen-bond donors (Lipinski definition) is 3. The summed E-state index contributed by atoms with van der Waals surface area (Å²) in [5, 5.41) is 12.6. The Morgan fingerprint density at radius 1 is 0.620 bits per heavy atom. The summed E-state index contributed by atoms with van der Waals surface area (Å²) in [7, 11) is -4.42. The number of allylic oxidation sites excluding steroid dienone is 6. The zero-order valence-electron chi connectivity index (χ0n) is 31.8. The van der Waals surface area contributed by atoms with Crippen molar-refractivity contribution in [1.82, 2.24) is 5.32 Å². The van der Waals surface area contributed by atoms with Crippen molar-refractivity contribution in [3.8, 4) is 0 Å². The number of unbranched alkanes of at least 4 members (excludes halogenated alkanes) is 18. The van der Waals surface area contributed by atoms with Crippen molar-refractivity contribution in [2.75, 3.05) is 26.4 Å². The molecule has 0 radical (unpaired) electrons. The van der Waals surface area contributed by atoms with Gasteiger partial charge in [0, 0.05) is 19.4 Å². The van der Waals surface area contributed by atoms with Crippen LogP contribution in [-0.4, -0.2) is 54.3 Å². The SMILES string of the molecule is CCC/C=C\C/C=C\CCCCCCCC(=O)NCCOP(=O)(O)OCC(O)COC(=O)CCCCCCC/C=C\CCCCCCCCC. The van der Waals surface area contributed by atoms with Crippen molar-refractivity contribution in [1.29, 1.82) is 0 Å². The van der Waals surface area contributed by atoms with Gasteiger partial charge in [0.1, 0.15) is 12.7 Å². The van der Waals surface area contributed by atoms with Gasteiger partial charge in [-0.3, -0.25) is 18.6 Å². The summed E-state index contributed by atoms with van der Waals surface area (Å²) < 4.78 is 26.8. The second-order valence-corrected chi connectivity index (χ2v) is 14.7. The van der Waals surface area contributed by atoms with Gasteiger partial charge in [-0.2, -0.15) is 0 Å². The lowest BCUT2D eigenvalue weighted by atomic mass is 10.1. The third-order valence-corrected chi connectivity index (χ3v) is 9.26. The molecular formula is C40H74NO8P. The van der Waals surface area contributed by atoms with Gasteiger partial charge >= 0.3 is 13.8 Å². The molecule has 0 bridgehead atoms. The van der Waals surface area contributed by atoms with E-state index in [-0.39, 0.29) is 32.1 Å². The number of ether oxygens (including phenoxy) is 1. The Morgan fingerprint density at radius 2 is 1.12 bits per heavy atom. The van der Waals surface area contributed by atoms with Gasteiger partial charge in [-0.25, -0.2) is 4.57 Å². The molecule has 0 fully saturated rings. The van der Waals surface area contributed by atoms with Crippen LogP contribution in [0.3, 0.4) is 0 Å². The molecule has 0 saturated heterocycles. The number of aliphatic hydroxyl groups excluding tert-OH is 1. The van der Waals surface area contributed by atoms with Crippen molar-refractivity contribution in [3.05, 3.63) is 36.5 Å². The molecule has 0 rings (SSSR count). The lowest BCUT2D eigenvalue weighted by Gasteiger charge is -2.15. The zero-order chi connectivity index (χ0) is 36.8. The summed E-state index contributed by atoms with van der Waals surface area (Å²) >= 11 is 0. The highest BCUT2D eigenvalue weighted by Crippen LogP contribution is 2.42. The fourth-order valence-electron chi connectivity index (χ4n) is 5.24. The van der Waals surface area contributed by atoms with Crippen molar-refractivity contribution >= 4 is 19.7 Å². The molecule has 2 atom stereocenters. The van der Waals surface area contributed by atoms with Crippen LogP contribution in [0.4, 0.5) is 0 Å². The standard InChI is InChI=1S/C40H74NO8P/c1-3-5-7-9-11-13-15-17-18-19-21-23-25-27-29-31-33-40(44)47-36-38(42)37-49-50(45,46)48-35-34-41-39(43)32-30-28-26-24-22-20-16-14-12-10-8-6-4-2/h8,10,14,16,18-19,38,42H,3-7,9,11-13,15,17,20-37H2,1-2H3,(H,41,43)(H,45,46)/b10-8-,16-14-,19-18-. The quantitative estimate of drug-likeness (QED) is 0.0249. The molecule has 0 heterocycles. The van der Waals surface area contributed by atoms with E-state index in [2.05, 4.69) is 55.6 Å². The monoisotopic (exact) mass is 728 g/mol. The molecule has 0 aliphatic carbocycles. The number of phosphoric ester groups is 1. The van der Waals surface area contributed by atoms with Crippen LogP contribution in [-0.2, 0) is 27.9 Å². The van der Waals surface area contributed by atoms with Crippen LogP contribution in [0, 0.1) is 0 Å². The Kier molecular flexibility index (Phi) is 35.7. The molecule has 0 aliphatic heterocycles. The van der Waals surface area contributed by atoms with Gasteiger partial charge in [-0.05, 0) is 64.2 Å². The second-order valence-electron chi connectivity index (χ2n) is 13.2. The summed E-state index contributed by atoms with van der Waals surface area (Å²) in [5.74, 6) is -0.540. The third-order valence-electron chi connectivity index (χ3n) is 8.27. The number of hydrogen-bond acceptors (Lipinski definition) is 7. The number of nitrogens with one attached hydrogen (secondary N) is 1. The average molecular weight is 728 g/mol. The number of esters is 1. The number of rotatable bonds is 37. The van der Waals surface area contributed by atoms with Crippen LogP contribution in [0.1, 0.15) is 174 Å². The Labute approximate surface area is 305 Å². The highest BCUT2D eigenvalue weighted by Gasteiger charge is 2.23. The zero-order valence-corrected chi connectivity index (χ0v) is 32.7. The number of aliphatic hydroxyl groups is 1. The van der Waals surface area contributed by atoms with E-state index < -0.39 is 26.5 Å². The van der Waals surface area contributed by atoms with Crippen LogP contribution in [0.25, 0.3) is 0 Å².